The molecule has 0 bridgehead atoms. The van der Waals surface area contributed by atoms with Gasteiger partial charge in [0.2, 0.25) is 5.69 Å². The predicted molar refractivity (Wildman–Crippen MR) is 315 cm³/mol. The largest absolute Gasteiger partial charge is 0.454 e. The number of furan rings is 1. The lowest BCUT2D eigenvalue weighted by Crippen LogP contribution is -2.09. The van der Waals surface area contributed by atoms with Gasteiger partial charge in [-0.3, -0.25) is 0 Å². The van der Waals surface area contributed by atoms with Crippen LogP contribution in [0.1, 0.15) is 5.56 Å². The predicted octanol–water partition coefficient (Wildman–Crippen LogP) is 19.9. The zero-order valence-corrected chi connectivity index (χ0v) is 41.4. The first-order chi connectivity index (χ1) is 37.2. The van der Waals surface area contributed by atoms with Crippen LogP contribution < -0.4 is 0 Å². The highest BCUT2D eigenvalue weighted by Crippen LogP contribution is 2.55. The fraction of sp³-hybridized carbons (Fsp3) is 0. The maximum atomic E-state index is 12.2. The first-order valence-corrected chi connectivity index (χ1v) is 26.6. The van der Waals surface area contributed by atoms with Crippen molar-refractivity contribution in [2.24, 2.45) is 0 Å². The summed E-state index contributed by atoms with van der Waals surface area (Å²) < 4.78 is 16.4. The number of benzene rings is 11. The van der Waals surface area contributed by atoms with Gasteiger partial charge in [0, 0.05) is 74.4 Å². The average Bonchev–Trinajstić information content (AvgIpc) is 4.31. The molecule has 0 radical (unpaired) electrons. The zero-order valence-electron chi connectivity index (χ0n) is 39.8. The number of fused-ring (bicyclic) bond motifs is 18. The Kier molecular flexibility index (Phi) is 8.85. The number of hydrogen-bond donors (Lipinski definition) is 0. The molecule has 5 nitrogen and oxygen atoms in total. The molecule has 7 heteroatoms. The highest BCUT2D eigenvalue weighted by atomic mass is 32.1. The molecule has 0 fully saturated rings. The van der Waals surface area contributed by atoms with Crippen molar-refractivity contribution in [1.82, 2.24) is 9.13 Å². The topological polar surface area (TPSA) is 51.1 Å². The van der Waals surface area contributed by atoms with Crippen molar-refractivity contribution >= 4 is 134 Å². The Bertz CT molecular complexity index is 5070. The van der Waals surface area contributed by atoms with Gasteiger partial charge in [0.05, 0.1) is 55.0 Å². The van der Waals surface area contributed by atoms with Crippen LogP contribution in [0.4, 0.5) is 5.69 Å². The molecule has 11 aromatic carbocycles. The van der Waals surface area contributed by atoms with Crippen LogP contribution in [0.2, 0.25) is 0 Å². The summed E-state index contributed by atoms with van der Waals surface area (Å²) in [6.45, 7) is 9.58. The van der Waals surface area contributed by atoms with Crippen molar-refractivity contribution in [3.8, 4) is 50.8 Å². The van der Waals surface area contributed by atoms with Crippen LogP contribution in [-0.4, -0.2) is 9.13 Å². The maximum absolute atomic E-state index is 12.2. The van der Waals surface area contributed by atoms with Gasteiger partial charge in [-0.25, -0.2) is 4.85 Å². The quantitative estimate of drug-likeness (QED) is 0.161. The van der Waals surface area contributed by atoms with Crippen LogP contribution in [0.25, 0.3) is 155 Å². The molecular formula is C68H36N4OS2. The summed E-state index contributed by atoms with van der Waals surface area (Å²) in [6, 6.07) is 79.6. The molecule has 346 valence electrons. The summed E-state index contributed by atoms with van der Waals surface area (Å²) in [7, 11) is 0. The van der Waals surface area contributed by atoms with E-state index >= 15 is 0 Å². The Morgan fingerprint density at radius 2 is 0.920 bits per heavy atom. The lowest BCUT2D eigenvalue weighted by Gasteiger charge is -2.26. The number of nitrogens with zero attached hydrogens (tertiary/aromatic N) is 4. The van der Waals surface area contributed by atoms with Crippen LogP contribution in [0, 0.1) is 17.9 Å². The van der Waals surface area contributed by atoms with Gasteiger partial charge in [0.1, 0.15) is 11.7 Å². The van der Waals surface area contributed by atoms with Crippen molar-refractivity contribution in [1.29, 1.82) is 5.26 Å². The van der Waals surface area contributed by atoms with Crippen molar-refractivity contribution in [2.45, 2.75) is 0 Å². The maximum Gasteiger partial charge on any atom is 0.220 e. The highest BCUT2D eigenvalue weighted by Gasteiger charge is 2.34. The van der Waals surface area contributed by atoms with E-state index in [1.807, 2.05) is 48.5 Å². The molecule has 0 spiro atoms. The number of hydrogen-bond acceptors (Lipinski definition) is 4. The monoisotopic (exact) mass is 988 g/mol. The van der Waals surface area contributed by atoms with Crippen molar-refractivity contribution < 1.29 is 4.42 Å². The molecule has 0 atom stereocenters. The summed E-state index contributed by atoms with van der Waals surface area (Å²) in [5.41, 5.74) is 12.7. The van der Waals surface area contributed by atoms with Gasteiger partial charge in [-0.2, -0.15) is 5.26 Å². The van der Waals surface area contributed by atoms with Gasteiger partial charge in [-0.05, 0) is 58.7 Å². The Morgan fingerprint density at radius 1 is 0.413 bits per heavy atom. The number of rotatable bonds is 5. The summed E-state index contributed by atoms with van der Waals surface area (Å²) >= 11 is 3.56. The molecule has 5 aromatic heterocycles. The SMILES string of the molecule is [C-]#[N+]c1c(-c2ccccc2)c(C#N)c(-n2c3ccc(-c4ccccc4)cc3c3ccc4c5ccccc5sc4c32)c(-c2ccccc2)c1-n1c2c(ccc3c4ccccc4oc32)c2ccc3c4ccccc4sc3c21. The van der Waals surface area contributed by atoms with Crippen LogP contribution in [0.3, 0.4) is 0 Å². The van der Waals surface area contributed by atoms with Gasteiger partial charge in [-0.15, -0.1) is 22.7 Å². The van der Waals surface area contributed by atoms with E-state index < -0.39 is 0 Å². The summed E-state index contributed by atoms with van der Waals surface area (Å²) in [5.74, 6) is 0. The Hall–Kier alpha value is -9.76. The lowest BCUT2D eigenvalue weighted by molar-refractivity contribution is 0.671. The number of nitriles is 1. The van der Waals surface area contributed by atoms with Crippen LogP contribution >= 0.6 is 22.7 Å². The number of aromatic nitrogens is 2. The van der Waals surface area contributed by atoms with Gasteiger partial charge in [-0.1, -0.05) is 182 Å². The normalized spacial score (nSPS) is 12.0. The minimum atomic E-state index is 0.379. The van der Waals surface area contributed by atoms with E-state index in [0.717, 1.165) is 114 Å². The second kappa shape index (κ2) is 15.9. The Labute approximate surface area is 436 Å². The minimum Gasteiger partial charge on any atom is -0.454 e. The van der Waals surface area contributed by atoms with Crippen LogP contribution in [-0.2, 0) is 0 Å². The smallest absolute Gasteiger partial charge is 0.220 e. The molecule has 16 rings (SSSR count). The third-order valence-corrected chi connectivity index (χ3v) is 17.8. The van der Waals surface area contributed by atoms with Crippen LogP contribution in [0.5, 0.6) is 0 Å². The van der Waals surface area contributed by atoms with Gasteiger partial charge in [0.25, 0.3) is 0 Å². The molecule has 0 aliphatic carbocycles. The van der Waals surface area contributed by atoms with Crippen molar-refractivity contribution in [3.05, 3.63) is 235 Å². The Balaban J connectivity index is 1.20. The van der Waals surface area contributed by atoms with E-state index in [1.165, 1.54) is 20.2 Å². The van der Waals surface area contributed by atoms with Gasteiger partial charge < -0.3 is 13.6 Å². The van der Waals surface area contributed by atoms with Gasteiger partial charge >= 0.3 is 0 Å². The first-order valence-electron chi connectivity index (χ1n) is 24.9. The Morgan fingerprint density at radius 3 is 1.55 bits per heavy atom. The molecule has 0 unspecified atom stereocenters. The van der Waals surface area contributed by atoms with Gasteiger partial charge in [0.15, 0.2) is 5.58 Å². The van der Waals surface area contributed by atoms with E-state index in [-0.39, 0.29) is 0 Å². The molecule has 0 aliphatic rings. The zero-order chi connectivity index (χ0) is 49.5. The molecule has 0 saturated heterocycles. The van der Waals surface area contributed by atoms with E-state index in [2.05, 4.69) is 190 Å². The molecule has 0 aliphatic heterocycles. The third-order valence-electron chi connectivity index (χ3n) is 15.4. The van der Waals surface area contributed by atoms with Crippen LogP contribution in [0.15, 0.2) is 223 Å². The summed E-state index contributed by atoms with van der Waals surface area (Å²) in [5, 5.41) is 23.1. The standard InChI is InChI=1S/C68H36N4OS2/c1-70-60-58(40-19-7-3-8-20-40)53(38-69)61(71-54-36-29-42(39-17-5-2-6-18-39)37-52(54)48-32-35-50-44-24-12-15-27-56(44)74-67(50)63(48)71)59(41-21-9-4-10-22-41)65(60)72-62-46(30-33-49-43-23-11-14-26-55(43)73-66(49)62)47-31-34-51-45-25-13-16-28-57(45)75-68(51)64(47)72/h2-37H. The molecule has 0 N–H and O–H groups in total. The summed E-state index contributed by atoms with van der Waals surface area (Å²) in [6.07, 6.45) is 0. The molecule has 16 aromatic rings. The minimum absolute atomic E-state index is 0.379. The molecule has 0 saturated carbocycles. The van der Waals surface area contributed by atoms with E-state index in [9.17, 15) is 11.8 Å². The average molecular weight is 989 g/mol. The third kappa shape index (κ3) is 5.79. The molecule has 75 heavy (non-hydrogen) atoms. The van der Waals surface area contributed by atoms with E-state index in [1.54, 1.807) is 22.7 Å². The molecule has 0 amide bonds. The fourth-order valence-corrected chi connectivity index (χ4v) is 14.7. The molecular weight excluding hydrogens is 953 g/mol. The molecule has 5 heterocycles. The second-order valence-corrected chi connectivity index (χ2v) is 21.3. The van der Waals surface area contributed by atoms with Crippen molar-refractivity contribution in [3.63, 3.8) is 0 Å². The van der Waals surface area contributed by atoms with E-state index in [4.69, 9.17) is 4.42 Å². The first kappa shape index (κ1) is 41.8. The van der Waals surface area contributed by atoms with E-state index in [0.29, 0.717) is 28.2 Å². The lowest BCUT2D eigenvalue weighted by atomic mass is 9.88. The fourth-order valence-electron chi connectivity index (χ4n) is 12.2. The second-order valence-electron chi connectivity index (χ2n) is 19.2. The summed E-state index contributed by atoms with van der Waals surface area (Å²) in [4.78, 5) is 4.67. The number of para-hydroxylation sites is 1. The number of thiophene rings is 2. The highest BCUT2D eigenvalue weighted by molar-refractivity contribution is 7.27. The van der Waals surface area contributed by atoms with Crippen molar-refractivity contribution in [2.75, 3.05) is 0 Å².